The van der Waals surface area contributed by atoms with Gasteiger partial charge in [-0.15, -0.1) is 0 Å². The second-order valence-electron chi connectivity index (χ2n) is 4.71. The lowest BCUT2D eigenvalue weighted by molar-refractivity contribution is -0.134. The molecular weight excluding hydrogens is 176 g/mol. The SMILES string of the molecule is C=C1CCC2C(C=O)CCC(=O)C12C. The first-order chi connectivity index (χ1) is 6.60. The molecule has 3 unspecified atom stereocenters. The topological polar surface area (TPSA) is 34.1 Å². The lowest BCUT2D eigenvalue weighted by Gasteiger charge is -2.38. The lowest BCUT2D eigenvalue weighted by atomic mass is 9.63. The van der Waals surface area contributed by atoms with Gasteiger partial charge in [-0.05, 0) is 32.1 Å². The Balaban J connectivity index is 2.39. The van der Waals surface area contributed by atoms with E-state index in [9.17, 15) is 9.59 Å². The van der Waals surface area contributed by atoms with Gasteiger partial charge in [-0.1, -0.05) is 12.2 Å². The minimum Gasteiger partial charge on any atom is -0.303 e. The maximum atomic E-state index is 11.9. The Bertz CT molecular complexity index is 305. The first kappa shape index (κ1) is 9.63. The minimum absolute atomic E-state index is 0.0805. The van der Waals surface area contributed by atoms with Crippen molar-refractivity contribution in [3.05, 3.63) is 12.2 Å². The van der Waals surface area contributed by atoms with Gasteiger partial charge >= 0.3 is 0 Å². The highest BCUT2D eigenvalue weighted by atomic mass is 16.1. The highest BCUT2D eigenvalue weighted by Crippen LogP contribution is 2.54. The van der Waals surface area contributed by atoms with Crippen LogP contribution in [0.4, 0.5) is 0 Å². The largest absolute Gasteiger partial charge is 0.303 e. The smallest absolute Gasteiger partial charge is 0.143 e. The van der Waals surface area contributed by atoms with E-state index >= 15 is 0 Å². The van der Waals surface area contributed by atoms with Crippen LogP contribution in [0, 0.1) is 17.3 Å². The van der Waals surface area contributed by atoms with Crippen molar-refractivity contribution in [1.82, 2.24) is 0 Å². The van der Waals surface area contributed by atoms with Crippen molar-refractivity contribution < 1.29 is 9.59 Å². The summed E-state index contributed by atoms with van der Waals surface area (Å²) in [4.78, 5) is 22.8. The number of carbonyl (C=O) groups is 2. The molecule has 2 nitrogen and oxygen atoms in total. The summed E-state index contributed by atoms with van der Waals surface area (Å²) in [5.74, 6) is 0.605. The van der Waals surface area contributed by atoms with Crippen LogP contribution in [0.3, 0.4) is 0 Å². The maximum Gasteiger partial charge on any atom is 0.143 e. The number of carbonyl (C=O) groups excluding carboxylic acids is 2. The van der Waals surface area contributed by atoms with Crippen LogP contribution in [0.2, 0.25) is 0 Å². The molecule has 2 saturated carbocycles. The van der Waals surface area contributed by atoms with Gasteiger partial charge in [-0.25, -0.2) is 0 Å². The molecule has 0 radical (unpaired) electrons. The van der Waals surface area contributed by atoms with E-state index in [1.807, 2.05) is 6.92 Å². The van der Waals surface area contributed by atoms with E-state index in [1.165, 1.54) is 0 Å². The van der Waals surface area contributed by atoms with E-state index in [4.69, 9.17) is 0 Å². The number of ketones is 1. The predicted molar refractivity (Wildman–Crippen MR) is 53.8 cm³/mol. The van der Waals surface area contributed by atoms with Crippen molar-refractivity contribution in [3.63, 3.8) is 0 Å². The highest BCUT2D eigenvalue weighted by molar-refractivity contribution is 5.90. The van der Waals surface area contributed by atoms with Crippen molar-refractivity contribution in [2.75, 3.05) is 0 Å². The Labute approximate surface area is 84.4 Å². The van der Waals surface area contributed by atoms with Gasteiger partial charge in [0.05, 0.1) is 5.41 Å². The summed E-state index contributed by atoms with van der Waals surface area (Å²) in [5.41, 5.74) is 0.656. The summed E-state index contributed by atoms with van der Waals surface area (Å²) >= 11 is 0. The van der Waals surface area contributed by atoms with Crippen molar-refractivity contribution in [3.8, 4) is 0 Å². The maximum absolute atomic E-state index is 11.9. The normalized spacial score (nSPS) is 42.4. The fourth-order valence-corrected chi connectivity index (χ4v) is 3.11. The second kappa shape index (κ2) is 3.04. The average molecular weight is 192 g/mol. The fraction of sp³-hybridized carbons (Fsp3) is 0.667. The van der Waals surface area contributed by atoms with Gasteiger partial charge in [-0.2, -0.15) is 0 Å². The number of allylic oxidation sites excluding steroid dienone is 1. The zero-order chi connectivity index (χ0) is 10.3. The molecule has 0 amide bonds. The van der Waals surface area contributed by atoms with Gasteiger partial charge in [0.2, 0.25) is 0 Å². The van der Waals surface area contributed by atoms with Crippen molar-refractivity contribution in [2.24, 2.45) is 17.3 Å². The van der Waals surface area contributed by atoms with E-state index < -0.39 is 0 Å². The van der Waals surface area contributed by atoms with E-state index in [0.717, 1.165) is 31.1 Å². The van der Waals surface area contributed by atoms with Gasteiger partial charge in [0.25, 0.3) is 0 Å². The van der Waals surface area contributed by atoms with Crippen LogP contribution in [0.15, 0.2) is 12.2 Å². The lowest BCUT2D eigenvalue weighted by Crippen LogP contribution is -2.41. The van der Waals surface area contributed by atoms with E-state index in [-0.39, 0.29) is 17.3 Å². The Hall–Kier alpha value is -0.920. The van der Waals surface area contributed by atoms with E-state index in [1.54, 1.807) is 0 Å². The molecule has 0 aromatic rings. The highest BCUT2D eigenvalue weighted by Gasteiger charge is 2.52. The molecule has 0 saturated heterocycles. The van der Waals surface area contributed by atoms with Crippen molar-refractivity contribution in [2.45, 2.75) is 32.6 Å². The van der Waals surface area contributed by atoms with Crippen LogP contribution in [0.25, 0.3) is 0 Å². The van der Waals surface area contributed by atoms with Crippen molar-refractivity contribution in [1.29, 1.82) is 0 Å². The zero-order valence-corrected chi connectivity index (χ0v) is 8.58. The van der Waals surface area contributed by atoms with E-state index in [0.29, 0.717) is 12.2 Å². The number of fused-ring (bicyclic) bond motifs is 1. The molecule has 0 aromatic heterocycles. The van der Waals surface area contributed by atoms with Gasteiger partial charge in [0.15, 0.2) is 0 Å². The van der Waals surface area contributed by atoms with Gasteiger partial charge < -0.3 is 4.79 Å². The van der Waals surface area contributed by atoms with Crippen molar-refractivity contribution >= 4 is 12.1 Å². The van der Waals surface area contributed by atoms with Crippen LogP contribution >= 0.6 is 0 Å². The monoisotopic (exact) mass is 192 g/mol. The van der Waals surface area contributed by atoms with Crippen LogP contribution in [0.1, 0.15) is 32.6 Å². The second-order valence-corrected chi connectivity index (χ2v) is 4.71. The summed E-state index contributed by atoms with van der Waals surface area (Å²) in [6.45, 7) is 5.97. The molecule has 2 fully saturated rings. The summed E-state index contributed by atoms with van der Waals surface area (Å²) in [7, 11) is 0. The number of aldehydes is 1. The molecule has 0 aromatic carbocycles. The molecule has 76 valence electrons. The van der Waals surface area contributed by atoms with Gasteiger partial charge in [0.1, 0.15) is 12.1 Å². The number of hydrogen-bond acceptors (Lipinski definition) is 2. The summed E-state index contributed by atoms with van der Waals surface area (Å²) < 4.78 is 0. The number of rotatable bonds is 1. The first-order valence-corrected chi connectivity index (χ1v) is 5.27. The third-order valence-electron chi connectivity index (χ3n) is 4.21. The summed E-state index contributed by atoms with van der Waals surface area (Å²) in [6.07, 6.45) is 4.21. The van der Waals surface area contributed by atoms with E-state index in [2.05, 4.69) is 6.58 Å². The van der Waals surface area contributed by atoms with Crippen LogP contribution in [0.5, 0.6) is 0 Å². The zero-order valence-electron chi connectivity index (χ0n) is 8.58. The standard InChI is InChI=1S/C12H16O2/c1-8-3-5-10-9(7-13)4-6-11(14)12(8,10)2/h7,9-10H,1,3-6H2,2H3. The molecule has 2 rings (SSSR count). The Morgan fingerprint density at radius 1 is 1.43 bits per heavy atom. The third-order valence-corrected chi connectivity index (χ3v) is 4.21. The molecular formula is C12H16O2. The van der Waals surface area contributed by atoms with Crippen LogP contribution in [-0.4, -0.2) is 12.1 Å². The molecule has 2 heteroatoms. The quantitative estimate of drug-likeness (QED) is 0.471. The fourth-order valence-electron chi connectivity index (χ4n) is 3.11. The molecule has 0 spiro atoms. The molecule has 3 atom stereocenters. The number of hydrogen-bond donors (Lipinski definition) is 0. The summed E-state index contributed by atoms with van der Waals surface area (Å²) in [5, 5.41) is 0. The Morgan fingerprint density at radius 2 is 2.14 bits per heavy atom. The van der Waals surface area contributed by atoms with Crippen LogP contribution in [-0.2, 0) is 9.59 Å². The molecule has 0 heterocycles. The molecule has 0 bridgehead atoms. The van der Waals surface area contributed by atoms with Gasteiger partial charge in [0, 0.05) is 12.3 Å². The van der Waals surface area contributed by atoms with Crippen LogP contribution < -0.4 is 0 Å². The van der Waals surface area contributed by atoms with Gasteiger partial charge in [-0.3, -0.25) is 4.79 Å². The average Bonchev–Trinajstić information content (AvgIpc) is 2.48. The first-order valence-electron chi connectivity index (χ1n) is 5.27. The minimum atomic E-state index is -0.385. The Morgan fingerprint density at radius 3 is 2.79 bits per heavy atom. The molecule has 2 aliphatic carbocycles. The molecule has 2 aliphatic rings. The third kappa shape index (κ3) is 1.03. The predicted octanol–water partition coefficient (Wildman–Crippen LogP) is 2.14. The molecule has 0 aliphatic heterocycles. The number of Topliss-reactive ketones (excluding diaryl/α,β-unsaturated/α-hetero) is 1. The Kier molecular flexibility index (Phi) is 2.09. The summed E-state index contributed by atoms with van der Waals surface area (Å²) in [6, 6.07) is 0. The molecule has 14 heavy (non-hydrogen) atoms. The molecule has 0 N–H and O–H groups in total.